The molecule has 2 aliphatic rings. The third-order valence-electron chi connectivity index (χ3n) is 4.21. The summed E-state index contributed by atoms with van der Waals surface area (Å²) in [7, 11) is 4.27. The summed E-state index contributed by atoms with van der Waals surface area (Å²) >= 11 is 0. The van der Waals surface area contributed by atoms with Gasteiger partial charge < -0.3 is 14.7 Å². The van der Waals surface area contributed by atoms with Crippen molar-refractivity contribution in [1.82, 2.24) is 25.3 Å². The maximum absolute atomic E-state index is 5.47. The van der Waals surface area contributed by atoms with Crippen LogP contribution in [-0.2, 0) is 0 Å². The minimum absolute atomic E-state index is 0.250. The molecule has 6 heteroatoms. The summed E-state index contributed by atoms with van der Waals surface area (Å²) in [5.41, 5.74) is 0. The highest BCUT2D eigenvalue weighted by Crippen LogP contribution is 2.25. The average Bonchev–Trinajstić information content (AvgIpc) is 2.92. The quantitative estimate of drug-likeness (QED) is 0.853. The molecule has 2 aliphatic heterocycles. The summed E-state index contributed by atoms with van der Waals surface area (Å²) < 4.78 is 5.47. The third-order valence-corrected chi connectivity index (χ3v) is 4.21. The number of rotatable bonds is 2. The van der Waals surface area contributed by atoms with Crippen molar-refractivity contribution >= 4 is 0 Å². The van der Waals surface area contributed by atoms with Crippen molar-refractivity contribution in [3.05, 3.63) is 11.7 Å². The van der Waals surface area contributed by atoms with Gasteiger partial charge in [0.15, 0.2) is 5.82 Å². The van der Waals surface area contributed by atoms with Gasteiger partial charge in [-0.2, -0.15) is 4.98 Å². The molecular formula is C13H23N5O. The minimum atomic E-state index is 0.250. The maximum atomic E-state index is 5.47. The van der Waals surface area contributed by atoms with Gasteiger partial charge >= 0.3 is 0 Å². The standard InChI is InChI=1S/C13H23N5O/c1-17-7-8-18(2)11(9-17)12-15-13(19-16-12)10-5-3-4-6-14-10/h10-11,14H,3-9H2,1-2H3/t10-,11?/m1/s1. The largest absolute Gasteiger partial charge is 0.338 e. The predicted octanol–water partition coefficient (Wildman–Crippen LogP) is 0.802. The van der Waals surface area contributed by atoms with E-state index in [0.29, 0.717) is 0 Å². The van der Waals surface area contributed by atoms with E-state index < -0.39 is 0 Å². The lowest BCUT2D eigenvalue weighted by molar-refractivity contribution is 0.108. The zero-order chi connectivity index (χ0) is 13.2. The van der Waals surface area contributed by atoms with E-state index >= 15 is 0 Å². The lowest BCUT2D eigenvalue weighted by atomic mass is 10.1. The molecule has 19 heavy (non-hydrogen) atoms. The van der Waals surface area contributed by atoms with Gasteiger partial charge in [-0.25, -0.2) is 0 Å². The number of nitrogens with one attached hydrogen (secondary N) is 1. The minimum Gasteiger partial charge on any atom is -0.338 e. The van der Waals surface area contributed by atoms with Gasteiger partial charge in [-0.15, -0.1) is 0 Å². The number of likely N-dealkylation sites (N-methyl/N-ethyl adjacent to an activating group) is 2. The van der Waals surface area contributed by atoms with Gasteiger partial charge in [0.1, 0.15) is 0 Å². The van der Waals surface area contributed by atoms with Gasteiger partial charge in [-0.05, 0) is 33.5 Å². The topological polar surface area (TPSA) is 57.4 Å². The van der Waals surface area contributed by atoms with Crippen molar-refractivity contribution in [2.24, 2.45) is 0 Å². The van der Waals surface area contributed by atoms with E-state index in [1.165, 1.54) is 12.8 Å². The highest BCUT2D eigenvalue weighted by Gasteiger charge is 2.29. The molecule has 1 unspecified atom stereocenters. The molecule has 0 amide bonds. The smallest absolute Gasteiger partial charge is 0.243 e. The predicted molar refractivity (Wildman–Crippen MR) is 71.8 cm³/mol. The Kier molecular flexibility index (Phi) is 3.81. The van der Waals surface area contributed by atoms with Gasteiger partial charge in [0.05, 0.1) is 12.1 Å². The highest BCUT2D eigenvalue weighted by atomic mass is 16.5. The SMILES string of the molecule is CN1CCN(C)C(c2noc([C@H]3CCCCN3)n2)C1. The van der Waals surface area contributed by atoms with E-state index in [0.717, 1.165) is 44.3 Å². The fourth-order valence-corrected chi connectivity index (χ4v) is 2.88. The summed E-state index contributed by atoms with van der Waals surface area (Å²) in [5.74, 6) is 1.59. The Morgan fingerprint density at radius 3 is 2.95 bits per heavy atom. The molecule has 1 N–H and O–H groups in total. The molecule has 0 aliphatic carbocycles. The van der Waals surface area contributed by atoms with Crippen molar-refractivity contribution in [2.75, 3.05) is 40.3 Å². The van der Waals surface area contributed by atoms with Crippen LogP contribution in [0.1, 0.15) is 43.1 Å². The van der Waals surface area contributed by atoms with E-state index in [4.69, 9.17) is 4.52 Å². The molecule has 1 aromatic heterocycles. The monoisotopic (exact) mass is 265 g/mol. The Labute approximate surface area is 114 Å². The summed E-state index contributed by atoms with van der Waals surface area (Å²) in [4.78, 5) is 9.26. The molecule has 0 spiro atoms. The number of aromatic nitrogens is 2. The van der Waals surface area contributed by atoms with Gasteiger partial charge in [0.2, 0.25) is 5.89 Å². The molecule has 2 fully saturated rings. The van der Waals surface area contributed by atoms with Crippen LogP contribution in [0.25, 0.3) is 0 Å². The molecule has 2 saturated heterocycles. The molecular weight excluding hydrogens is 242 g/mol. The lowest BCUT2D eigenvalue weighted by Gasteiger charge is -2.35. The van der Waals surface area contributed by atoms with Gasteiger partial charge in [0.25, 0.3) is 0 Å². The fraction of sp³-hybridized carbons (Fsp3) is 0.846. The van der Waals surface area contributed by atoms with Gasteiger partial charge in [0, 0.05) is 19.6 Å². The van der Waals surface area contributed by atoms with Crippen LogP contribution in [0, 0.1) is 0 Å². The summed E-state index contributed by atoms with van der Waals surface area (Å²) in [5, 5.41) is 7.66. The Bertz CT molecular complexity index is 415. The lowest BCUT2D eigenvalue weighted by Crippen LogP contribution is -2.45. The molecule has 0 saturated carbocycles. The van der Waals surface area contributed by atoms with Crippen LogP contribution >= 0.6 is 0 Å². The third kappa shape index (κ3) is 2.80. The molecule has 6 nitrogen and oxygen atoms in total. The van der Waals surface area contributed by atoms with Crippen molar-refractivity contribution in [1.29, 1.82) is 0 Å². The Morgan fingerprint density at radius 2 is 2.16 bits per heavy atom. The molecule has 3 rings (SSSR count). The maximum Gasteiger partial charge on any atom is 0.243 e. The normalized spacial score (nSPS) is 30.6. The second kappa shape index (κ2) is 5.56. The van der Waals surface area contributed by atoms with Crippen molar-refractivity contribution < 1.29 is 4.52 Å². The van der Waals surface area contributed by atoms with Crippen LogP contribution in [0.15, 0.2) is 4.52 Å². The Hall–Kier alpha value is -0.980. The van der Waals surface area contributed by atoms with Crippen LogP contribution in [0.3, 0.4) is 0 Å². The first-order chi connectivity index (χ1) is 9.24. The van der Waals surface area contributed by atoms with Crippen molar-refractivity contribution in [2.45, 2.75) is 31.3 Å². The van der Waals surface area contributed by atoms with Crippen LogP contribution in [0.5, 0.6) is 0 Å². The molecule has 0 radical (unpaired) electrons. The number of hydrogen-bond donors (Lipinski definition) is 1. The number of hydrogen-bond acceptors (Lipinski definition) is 6. The van der Waals surface area contributed by atoms with Crippen LogP contribution in [0.4, 0.5) is 0 Å². The number of piperidine rings is 1. The molecule has 0 bridgehead atoms. The van der Waals surface area contributed by atoms with Crippen molar-refractivity contribution in [3.8, 4) is 0 Å². The van der Waals surface area contributed by atoms with E-state index in [1.807, 2.05) is 0 Å². The summed E-state index contributed by atoms with van der Waals surface area (Å²) in [6, 6.07) is 0.501. The van der Waals surface area contributed by atoms with Gasteiger partial charge in [-0.1, -0.05) is 11.6 Å². The van der Waals surface area contributed by atoms with E-state index in [9.17, 15) is 0 Å². The van der Waals surface area contributed by atoms with E-state index in [1.54, 1.807) is 0 Å². The molecule has 1 aromatic rings. The second-order valence-electron chi connectivity index (χ2n) is 5.75. The van der Waals surface area contributed by atoms with Crippen LogP contribution < -0.4 is 5.32 Å². The van der Waals surface area contributed by atoms with Crippen molar-refractivity contribution in [3.63, 3.8) is 0 Å². The zero-order valence-corrected chi connectivity index (χ0v) is 11.8. The zero-order valence-electron chi connectivity index (χ0n) is 11.8. The Balaban J connectivity index is 1.72. The first kappa shape index (κ1) is 13.0. The van der Waals surface area contributed by atoms with E-state index in [-0.39, 0.29) is 12.1 Å². The van der Waals surface area contributed by atoms with Gasteiger partial charge in [-0.3, -0.25) is 4.90 Å². The molecule has 0 aromatic carbocycles. The molecule has 2 atom stereocenters. The second-order valence-corrected chi connectivity index (χ2v) is 5.75. The van der Waals surface area contributed by atoms with Crippen LogP contribution in [-0.4, -0.2) is 60.2 Å². The molecule has 3 heterocycles. The number of piperazine rings is 1. The fourth-order valence-electron chi connectivity index (χ4n) is 2.88. The summed E-state index contributed by atoms with van der Waals surface area (Å²) in [6.45, 7) is 4.16. The van der Waals surface area contributed by atoms with E-state index in [2.05, 4.69) is 39.4 Å². The first-order valence-electron chi connectivity index (χ1n) is 7.19. The van der Waals surface area contributed by atoms with Crippen LogP contribution in [0.2, 0.25) is 0 Å². The molecule has 106 valence electrons. The first-order valence-corrected chi connectivity index (χ1v) is 7.19. The summed E-state index contributed by atoms with van der Waals surface area (Å²) in [6.07, 6.45) is 3.58. The average molecular weight is 265 g/mol. The highest BCUT2D eigenvalue weighted by molar-refractivity contribution is 5.01. The number of nitrogens with zero attached hydrogens (tertiary/aromatic N) is 4. The Morgan fingerprint density at radius 1 is 1.26 bits per heavy atom.